The zero-order valence-corrected chi connectivity index (χ0v) is 16.1. The maximum absolute atomic E-state index is 12.1. The van der Waals surface area contributed by atoms with Crippen molar-refractivity contribution in [3.63, 3.8) is 0 Å². The standard InChI is InChI=1S/C20H16BrNO4/c1-11-8-14(9-12(2)18(11)25-13(3)23)10-17-20(24)26-19(22-17)15-4-6-16(21)7-5-15/h4-10H,1-3H3/b17-10-. The minimum atomic E-state index is -0.498. The average molecular weight is 414 g/mol. The molecule has 2 aromatic carbocycles. The number of carbonyl (C=O) groups is 2. The summed E-state index contributed by atoms with van der Waals surface area (Å²) in [5.41, 5.74) is 3.33. The molecule has 2 aromatic rings. The molecule has 0 aliphatic carbocycles. The molecule has 3 rings (SSSR count). The van der Waals surface area contributed by atoms with Crippen molar-refractivity contribution in [2.24, 2.45) is 4.99 Å². The van der Waals surface area contributed by atoms with Gasteiger partial charge in [0.2, 0.25) is 5.90 Å². The van der Waals surface area contributed by atoms with Crippen LogP contribution in [0.25, 0.3) is 6.08 Å². The Labute approximate surface area is 159 Å². The second-order valence-corrected chi connectivity index (χ2v) is 6.84. The lowest BCUT2D eigenvalue weighted by atomic mass is 10.0. The van der Waals surface area contributed by atoms with Crippen LogP contribution in [0.2, 0.25) is 0 Å². The molecule has 26 heavy (non-hydrogen) atoms. The number of hydrogen-bond donors (Lipinski definition) is 0. The topological polar surface area (TPSA) is 65.0 Å². The van der Waals surface area contributed by atoms with Crippen LogP contribution in [0.15, 0.2) is 51.6 Å². The third-order valence-electron chi connectivity index (χ3n) is 3.74. The molecule has 6 heteroatoms. The van der Waals surface area contributed by atoms with Gasteiger partial charge in [-0.05, 0) is 73.0 Å². The number of halogens is 1. The lowest BCUT2D eigenvalue weighted by Crippen LogP contribution is -2.05. The summed E-state index contributed by atoms with van der Waals surface area (Å²) in [5, 5.41) is 0. The Balaban J connectivity index is 1.93. The molecule has 1 heterocycles. The highest BCUT2D eigenvalue weighted by Crippen LogP contribution is 2.27. The minimum Gasteiger partial charge on any atom is -0.426 e. The van der Waals surface area contributed by atoms with Crippen LogP contribution in [0.4, 0.5) is 0 Å². The number of rotatable bonds is 3. The number of carbonyl (C=O) groups excluding carboxylic acids is 2. The van der Waals surface area contributed by atoms with E-state index in [1.807, 2.05) is 50.2 Å². The van der Waals surface area contributed by atoms with Crippen LogP contribution in [0, 0.1) is 13.8 Å². The fraction of sp³-hybridized carbons (Fsp3) is 0.150. The fourth-order valence-electron chi connectivity index (χ4n) is 2.65. The molecule has 0 unspecified atom stereocenters. The van der Waals surface area contributed by atoms with Gasteiger partial charge in [-0.25, -0.2) is 9.79 Å². The van der Waals surface area contributed by atoms with Crippen molar-refractivity contribution in [2.75, 3.05) is 0 Å². The second-order valence-electron chi connectivity index (χ2n) is 5.92. The predicted octanol–water partition coefficient (Wildman–Crippen LogP) is 4.34. The molecule has 0 radical (unpaired) electrons. The monoisotopic (exact) mass is 413 g/mol. The molecule has 0 fully saturated rings. The molecule has 0 amide bonds. The number of cyclic esters (lactones) is 1. The van der Waals surface area contributed by atoms with Crippen molar-refractivity contribution in [1.29, 1.82) is 0 Å². The van der Waals surface area contributed by atoms with Crippen molar-refractivity contribution in [3.8, 4) is 5.75 Å². The molecule has 1 aliphatic heterocycles. The van der Waals surface area contributed by atoms with Crippen LogP contribution >= 0.6 is 15.9 Å². The summed E-state index contributed by atoms with van der Waals surface area (Å²) >= 11 is 3.37. The van der Waals surface area contributed by atoms with E-state index in [0.29, 0.717) is 5.75 Å². The number of aliphatic imine (C=N–C) groups is 1. The van der Waals surface area contributed by atoms with Crippen molar-refractivity contribution < 1.29 is 19.1 Å². The first-order valence-electron chi connectivity index (χ1n) is 7.91. The lowest BCUT2D eigenvalue weighted by molar-refractivity contribution is -0.132. The summed E-state index contributed by atoms with van der Waals surface area (Å²) in [6.45, 7) is 5.05. The Hall–Kier alpha value is -2.73. The summed E-state index contributed by atoms with van der Waals surface area (Å²) in [5.74, 6) is -0.0564. The van der Waals surface area contributed by atoms with Crippen LogP contribution in [0.3, 0.4) is 0 Å². The van der Waals surface area contributed by atoms with E-state index in [4.69, 9.17) is 9.47 Å². The number of ether oxygens (including phenoxy) is 2. The summed E-state index contributed by atoms with van der Waals surface area (Å²) in [6, 6.07) is 11.0. The first-order chi connectivity index (χ1) is 12.3. The maximum Gasteiger partial charge on any atom is 0.363 e. The molecular weight excluding hydrogens is 398 g/mol. The van der Waals surface area contributed by atoms with Gasteiger partial charge < -0.3 is 9.47 Å². The van der Waals surface area contributed by atoms with Crippen LogP contribution < -0.4 is 4.74 Å². The summed E-state index contributed by atoms with van der Waals surface area (Å²) in [7, 11) is 0. The molecule has 0 spiro atoms. The minimum absolute atomic E-state index is 0.224. The molecule has 1 aliphatic rings. The van der Waals surface area contributed by atoms with Crippen LogP contribution in [-0.4, -0.2) is 17.8 Å². The Kier molecular flexibility index (Phi) is 5.04. The van der Waals surface area contributed by atoms with Crippen LogP contribution in [0.1, 0.15) is 29.2 Å². The summed E-state index contributed by atoms with van der Waals surface area (Å²) in [6.07, 6.45) is 1.66. The van der Waals surface area contributed by atoms with E-state index in [2.05, 4.69) is 20.9 Å². The van der Waals surface area contributed by atoms with Crippen molar-refractivity contribution in [1.82, 2.24) is 0 Å². The molecule has 0 saturated carbocycles. The van der Waals surface area contributed by atoms with Gasteiger partial charge in [-0.2, -0.15) is 0 Å². The SMILES string of the molecule is CC(=O)Oc1c(C)cc(/C=C2\N=C(c3ccc(Br)cc3)OC2=O)cc1C. The third-order valence-corrected chi connectivity index (χ3v) is 4.27. The maximum atomic E-state index is 12.1. The third kappa shape index (κ3) is 3.91. The van der Waals surface area contributed by atoms with Gasteiger partial charge in [-0.1, -0.05) is 15.9 Å². The van der Waals surface area contributed by atoms with Gasteiger partial charge in [0.05, 0.1) is 0 Å². The highest BCUT2D eigenvalue weighted by Gasteiger charge is 2.24. The van der Waals surface area contributed by atoms with E-state index in [0.717, 1.165) is 26.7 Å². The van der Waals surface area contributed by atoms with E-state index in [1.165, 1.54) is 6.92 Å². The van der Waals surface area contributed by atoms with Gasteiger partial charge in [0, 0.05) is 17.0 Å². The summed E-state index contributed by atoms with van der Waals surface area (Å²) < 4.78 is 11.4. The Morgan fingerprint density at radius 3 is 2.35 bits per heavy atom. The molecule has 0 bridgehead atoms. The van der Waals surface area contributed by atoms with Gasteiger partial charge in [0.25, 0.3) is 0 Å². The van der Waals surface area contributed by atoms with E-state index < -0.39 is 5.97 Å². The first kappa shape index (κ1) is 18.1. The predicted molar refractivity (Wildman–Crippen MR) is 102 cm³/mol. The Morgan fingerprint density at radius 2 is 1.77 bits per heavy atom. The summed E-state index contributed by atoms with van der Waals surface area (Å²) in [4.78, 5) is 27.6. The molecule has 0 atom stereocenters. The lowest BCUT2D eigenvalue weighted by Gasteiger charge is -2.10. The first-order valence-corrected chi connectivity index (χ1v) is 8.71. The van der Waals surface area contributed by atoms with Crippen molar-refractivity contribution >= 4 is 39.8 Å². The molecule has 132 valence electrons. The fourth-order valence-corrected chi connectivity index (χ4v) is 2.92. The van der Waals surface area contributed by atoms with Crippen LogP contribution in [0.5, 0.6) is 5.75 Å². The molecular formula is C20H16BrNO4. The van der Waals surface area contributed by atoms with Crippen molar-refractivity contribution in [2.45, 2.75) is 20.8 Å². The molecule has 0 N–H and O–H groups in total. The molecule has 0 aromatic heterocycles. The smallest absolute Gasteiger partial charge is 0.363 e. The van der Waals surface area contributed by atoms with E-state index in [9.17, 15) is 9.59 Å². The number of nitrogens with zero attached hydrogens (tertiary/aromatic N) is 1. The number of esters is 2. The normalized spacial score (nSPS) is 15.0. The number of benzene rings is 2. The van der Waals surface area contributed by atoms with Gasteiger partial charge in [-0.15, -0.1) is 0 Å². The average Bonchev–Trinajstić information content (AvgIpc) is 2.92. The molecule has 5 nitrogen and oxygen atoms in total. The van der Waals surface area contributed by atoms with E-state index in [-0.39, 0.29) is 17.6 Å². The quantitative estimate of drug-likeness (QED) is 0.426. The van der Waals surface area contributed by atoms with Crippen LogP contribution in [-0.2, 0) is 14.3 Å². The van der Waals surface area contributed by atoms with E-state index >= 15 is 0 Å². The second kappa shape index (κ2) is 7.25. The zero-order chi connectivity index (χ0) is 18.8. The Morgan fingerprint density at radius 1 is 1.15 bits per heavy atom. The highest BCUT2D eigenvalue weighted by atomic mass is 79.9. The Bertz CT molecular complexity index is 935. The van der Waals surface area contributed by atoms with Gasteiger partial charge >= 0.3 is 11.9 Å². The number of aryl methyl sites for hydroxylation is 2. The molecule has 0 saturated heterocycles. The van der Waals surface area contributed by atoms with Crippen molar-refractivity contribution in [3.05, 3.63) is 68.8 Å². The number of hydrogen-bond acceptors (Lipinski definition) is 5. The van der Waals surface area contributed by atoms with Gasteiger partial charge in [0.15, 0.2) is 5.70 Å². The van der Waals surface area contributed by atoms with Gasteiger partial charge in [-0.3, -0.25) is 4.79 Å². The van der Waals surface area contributed by atoms with Gasteiger partial charge in [0.1, 0.15) is 5.75 Å². The highest BCUT2D eigenvalue weighted by molar-refractivity contribution is 9.10. The zero-order valence-electron chi connectivity index (χ0n) is 14.5. The van der Waals surface area contributed by atoms with E-state index in [1.54, 1.807) is 6.08 Å². The largest absolute Gasteiger partial charge is 0.426 e.